The smallest absolute Gasteiger partial charge is 0.493 e. The molecule has 0 radical (unpaired) electrons. The summed E-state index contributed by atoms with van der Waals surface area (Å²) in [5, 5.41) is 0. The van der Waals surface area contributed by atoms with Gasteiger partial charge in [0.15, 0.2) is 0 Å². The zero-order chi connectivity index (χ0) is 38.8. The Kier molecular flexibility index (Phi) is 24.9. The van der Waals surface area contributed by atoms with E-state index in [0.717, 1.165) is 48.2 Å². The van der Waals surface area contributed by atoms with E-state index in [0.29, 0.717) is 0 Å². The van der Waals surface area contributed by atoms with Gasteiger partial charge >= 0.3 is 16.5 Å². The Bertz CT molecular complexity index is 1450. The molecule has 1 aliphatic rings. The average molecular weight is 782 g/mol. The van der Waals surface area contributed by atoms with Crippen LogP contribution < -0.4 is 0 Å². The van der Waals surface area contributed by atoms with Crippen LogP contribution in [0, 0.1) is 12.1 Å². The Hall–Kier alpha value is -3.55. The van der Waals surface area contributed by atoms with Crippen molar-refractivity contribution in [2.45, 2.75) is 157 Å². The van der Waals surface area contributed by atoms with E-state index in [9.17, 15) is 5.53 Å². The van der Waals surface area contributed by atoms with Crippen molar-refractivity contribution >= 4 is 11.4 Å². The van der Waals surface area contributed by atoms with Crippen LogP contribution >= 0.6 is 0 Å². The fraction of sp³-hybridized carbons (Fsp3) is 0.462. The zero-order valence-electron chi connectivity index (χ0n) is 35.2. The third-order valence-electron chi connectivity index (χ3n) is 10.3. The number of hydrogen-bond acceptors (Lipinski definition) is 0. The molecule has 4 aromatic carbocycles. The number of benzene rings is 4. The molecule has 0 N–H and O–H groups in total. The molecule has 0 bridgehead atoms. The third-order valence-corrected chi connectivity index (χ3v) is 10.3. The van der Waals surface area contributed by atoms with E-state index in [4.69, 9.17) is 0 Å². The van der Waals surface area contributed by atoms with Crippen molar-refractivity contribution in [3.05, 3.63) is 159 Å². The minimum absolute atomic E-state index is 0. The van der Waals surface area contributed by atoms with Crippen molar-refractivity contribution in [2.75, 3.05) is 0 Å². The molecule has 298 valence electrons. The minimum Gasteiger partial charge on any atom is -0.493 e. The number of hydrogen-bond donors (Lipinski definition) is 0. The Balaban J connectivity index is 0.000000678. The van der Waals surface area contributed by atoms with Gasteiger partial charge in [0.25, 0.3) is 0 Å². The topological polar surface area (TPSA) is 25.3 Å². The Morgan fingerprint density at radius 1 is 0.418 bits per heavy atom. The first kappa shape index (κ1) is 47.6. The third kappa shape index (κ3) is 16.2. The molecule has 0 unspecified atom stereocenters. The second-order valence-electron chi connectivity index (χ2n) is 14.7. The van der Waals surface area contributed by atoms with E-state index in [1.165, 1.54) is 117 Å². The van der Waals surface area contributed by atoms with Gasteiger partial charge in [0.2, 0.25) is 11.4 Å². The molecule has 3 heteroatoms. The van der Waals surface area contributed by atoms with Gasteiger partial charge in [-0.1, -0.05) is 80.1 Å². The molecule has 0 saturated heterocycles. The maximum Gasteiger partial charge on any atom is 2.00 e. The Labute approximate surface area is 347 Å². The van der Waals surface area contributed by atoms with Crippen LogP contribution in [0.2, 0.25) is 0 Å². The number of rotatable bonds is 20. The first-order valence-corrected chi connectivity index (χ1v) is 21.6. The van der Waals surface area contributed by atoms with Crippen LogP contribution in [0.4, 0.5) is 0 Å². The molecule has 0 spiro atoms. The first-order valence-electron chi connectivity index (χ1n) is 21.6. The molecule has 0 fully saturated rings. The van der Waals surface area contributed by atoms with E-state index < -0.39 is 0 Å². The molecule has 0 aliphatic carbocycles. The molecule has 1 heterocycles. The standard InChI is InChI=1S/C40H60N2.2C6H5.Ni/c1-7-13-19-31-27-35(28-32(20-14-8-2)37(31)23-17-11-5)39-25-26-40(42(39)41)36-29-33(21-15-9-3)38(24-18-12-6)34(30-36)22-16-10-4;2*1-2-4-6-5-3-1;/h25-30H,7-24H2,1-6H3;2*1-5H;/q;2*-1;+2. The average Bonchev–Trinajstić information content (AvgIpc) is 3.61. The predicted molar refractivity (Wildman–Crippen MR) is 235 cm³/mol. The Morgan fingerprint density at radius 2 is 0.691 bits per heavy atom. The monoisotopic (exact) mass is 780 g/mol. The number of allylic oxidation sites excluding steroid dienone is 2. The molecule has 4 aromatic rings. The maximum absolute atomic E-state index is 11.7. The summed E-state index contributed by atoms with van der Waals surface area (Å²) in [5.41, 5.74) is 25.1. The van der Waals surface area contributed by atoms with Gasteiger partial charge in [-0.25, -0.2) is 4.70 Å². The van der Waals surface area contributed by atoms with Gasteiger partial charge in [-0.2, -0.15) is 72.8 Å². The normalized spacial score (nSPS) is 11.8. The second-order valence-corrected chi connectivity index (χ2v) is 14.7. The van der Waals surface area contributed by atoms with Gasteiger partial charge in [-0.15, -0.1) is 0 Å². The van der Waals surface area contributed by atoms with Crippen LogP contribution in [0.1, 0.15) is 163 Å². The summed E-state index contributed by atoms with van der Waals surface area (Å²) in [6, 6.07) is 34.6. The molecule has 0 saturated carbocycles. The van der Waals surface area contributed by atoms with Gasteiger partial charge < -0.3 is 5.53 Å². The summed E-state index contributed by atoms with van der Waals surface area (Å²) in [5.74, 6) is 0. The molecule has 0 aromatic heterocycles. The van der Waals surface area contributed by atoms with Crippen molar-refractivity contribution in [1.82, 2.24) is 0 Å². The van der Waals surface area contributed by atoms with Crippen LogP contribution in [-0.2, 0) is 55.0 Å². The molecule has 55 heavy (non-hydrogen) atoms. The molecule has 0 atom stereocenters. The van der Waals surface area contributed by atoms with Gasteiger partial charge in [-0.3, -0.25) is 0 Å². The van der Waals surface area contributed by atoms with Crippen LogP contribution in [-0.4, -0.2) is 4.70 Å². The van der Waals surface area contributed by atoms with Crippen LogP contribution in [0.15, 0.2) is 97.1 Å². The van der Waals surface area contributed by atoms with Crippen LogP contribution in [0.5, 0.6) is 0 Å². The van der Waals surface area contributed by atoms with Crippen molar-refractivity contribution < 1.29 is 21.2 Å². The molecule has 0 amide bonds. The summed E-state index contributed by atoms with van der Waals surface area (Å²) < 4.78 is 1.49. The molecule has 1 aliphatic heterocycles. The predicted octanol–water partition coefficient (Wildman–Crippen LogP) is 15.1. The second kappa shape index (κ2) is 28.8. The minimum atomic E-state index is 0. The summed E-state index contributed by atoms with van der Waals surface area (Å²) >= 11 is 0. The van der Waals surface area contributed by atoms with E-state index in [-0.39, 0.29) is 16.5 Å². The fourth-order valence-corrected chi connectivity index (χ4v) is 7.15. The van der Waals surface area contributed by atoms with Gasteiger partial charge in [0.05, 0.1) is 0 Å². The van der Waals surface area contributed by atoms with Crippen molar-refractivity contribution in [2.24, 2.45) is 0 Å². The number of unbranched alkanes of at least 4 members (excludes halogenated alkanes) is 6. The maximum atomic E-state index is 11.7. The quantitative estimate of drug-likeness (QED) is 0.0485. The molecular formula is C52H70N2Ni. The van der Waals surface area contributed by atoms with Crippen molar-refractivity contribution in [1.29, 1.82) is 0 Å². The summed E-state index contributed by atoms with van der Waals surface area (Å²) in [4.78, 5) is 0. The van der Waals surface area contributed by atoms with Crippen LogP contribution in [0.25, 0.3) is 16.9 Å². The fourth-order valence-electron chi connectivity index (χ4n) is 7.15. The van der Waals surface area contributed by atoms with Gasteiger partial charge in [-0.05, 0) is 135 Å². The summed E-state index contributed by atoms with van der Waals surface area (Å²) in [6.07, 6.45) is 25.8. The van der Waals surface area contributed by atoms with Crippen molar-refractivity contribution in [3.8, 4) is 0 Å². The first-order chi connectivity index (χ1) is 26.5. The molecular weight excluding hydrogens is 711 g/mol. The van der Waals surface area contributed by atoms with Crippen LogP contribution in [0.3, 0.4) is 0 Å². The summed E-state index contributed by atoms with van der Waals surface area (Å²) in [7, 11) is 0. The zero-order valence-corrected chi connectivity index (χ0v) is 36.2. The van der Waals surface area contributed by atoms with Crippen molar-refractivity contribution in [3.63, 3.8) is 0 Å². The summed E-state index contributed by atoms with van der Waals surface area (Å²) in [6.45, 7) is 13.7. The van der Waals surface area contributed by atoms with E-state index in [1.54, 1.807) is 11.1 Å². The largest absolute Gasteiger partial charge is 2.00 e. The molecule has 2 nitrogen and oxygen atoms in total. The van der Waals surface area contributed by atoms with Gasteiger partial charge in [0.1, 0.15) is 0 Å². The SMILES string of the molecule is CCCCc1cc(C2=CC=C(c3cc(CCCC)c(CCCC)c(CCCC)c3)[N+]2=[N-])cc(CCCC)c1CCCC.[Ni+2].[c-]1ccccc1.[c-]1ccccc1. The number of nitrogens with zero attached hydrogens (tertiary/aromatic N) is 2. The number of aryl methyl sites for hydroxylation is 4. The van der Waals surface area contributed by atoms with E-state index in [1.807, 2.05) is 60.7 Å². The van der Waals surface area contributed by atoms with Gasteiger partial charge in [0, 0.05) is 23.3 Å². The Morgan fingerprint density at radius 3 is 0.909 bits per heavy atom. The van der Waals surface area contributed by atoms with E-state index >= 15 is 0 Å². The van der Waals surface area contributed by atoms with E-state index in [2.05, 4.69) is 90.1 Å². The molecule has 5 rings (SSSR count).